The zero-order chi connectivity index (χ0) is 28.2. The first kappa shape index (κ1) is 25.6. The first-order valence-corrected chi connectivity index (χ1v) is 13.1. The molecular weight excluding hydrogens is 518 g/mol. The third-order valence-corrected chi connectivity index (χ3v) is 6.88. The van der Waals surface area contributed by atoms with Crippen molar-refractivity contribution in [3.05, 3.63) is 84.4 Å². The number of hydrogen-bond acceptors (Lipinski definition) is 9. The highest BCUT2D eigenvalue weighted by atomic mass is 16.3. The molecule has 204 valence electrons. The molecule has 0 aliphatic carbocycles. The van der Waals surface area contributed by atoms with Crippen molar-refractivity contribution in [3.8, 4) is 28.8 Å². The van der Waals surface area contributed by atoms with E-state index in [-0.39, 0.29) is 18.2 Å². The Morgan fingerprint density at radius 2 is 1.78 bits per heavy atom. The standard InChI is InChI=1S/C30H27N9O2/c31-29-25(19-23(36-37-29)21-7-2-4-9-26(21)40)38-14-16-39(17-15-38)28-11-13-32-27(35-28)10-5-12-33-30(41)24-18-20-6-1-3-8-22(20)34-24/h1-4,6-9,11,13,18-19,34,40H,12,14-17H2,(H2,31,37)(H,33,41). The zero-order valence-corrected chi connectivity index (χ0v) is 22.1. The predicted molar refractivity (Wildman–Crippen MR) is 158 cm³/mol. The Morgan fingerprint density at radius 1 is 1.00 bits per heavy atom. The molecule has 1 fully saturated rings. The van der Waals surface area contributed by atoms with Gasteiger partial charge in [0.25, 0.3) is 5.91 Å². The summed E-state index contributed by atoms with van der Waals surface area (Å²) in [7, 11) is 0. The number of benzene rings is 2. The van der Waals surface area contributed by atoms with Crippen LogP contribution >= 0.6 is 0 Å². The molecule has 0 radical (unpaired) electrons. The molecule has 6 rings (SSSR count). The number of aromatic nitrogens is 5. The Hall–Kier alpha value is -5.63. The summed E-state index contributed by atoms with van der Waals surface area (Å²) in [5, 5.41) is 22.3. The van der Waals surface area contributed by atoms with Gasteiger partial charge in [-0.2, -0.15) is 0 Å². The smallest absolute Gasteiger partial charge is 0.268 e. The van der Waals surface area contributed by atoms with Crippen LogP contribution in [0, 0.1) is 11.8 Å². The van der Waals surface area contributed by atoms with E-state index < -0.39 is 0 Å². The predicted octanol–water partition coefficient (Wildman–Crippen LogP) is 2.81. The largest absolute Gasteiger partial charge is 0.507 e. The number of amides is 1. The molecule has 11 heteroatoms. The molecule has 0 spiro atoms. The lowest BCUT2D eigenvalue weighted by atomic mass is 10.1. The molecular formula is C30H27N9O2. The number of carbonyl (C=O) groups is 1. The Balaban J connectivity index is 1.07. The average molecular weight is 546 g/mol. The van der Waals surface area contributed by atoms with Crippen molar-refractivity contribution in [2.24, 2.45) is 0 Å². The van der Waals surface area contributed by atoms with E-state index in [1.165, 1.54) is 0 Å². The summed E-state index contributed by atoms with van der Waals surface area (Å²) in [4.78, 5) is 28.8. The minimum Gasteiger partial charge on any atom is -0.507 e. The molecule has 1 aliphatic rings. The van der Waals surface area contributed by atoms with Crippen LogP contribution < -0.4 is 20.9 Å². The molecule has 0 saturated carbocycles. The number of H-pyrrole nitrogens is 1. The van der Waals surface area contributed by atoms with Crippen LogP contribution in [0.4, 0.5) is 17.3 Å². The number of nitrogens with zero attached hydrogens (tertiary/aromatic N) is 6. The average Bonchev–Trinajstić information content (AvgIpc) is 3.45. The van der Waals surface area contributed by atoms with Gasteiger partial charge in [0.2, 0.25) is 5.82 Å². The Morgan fingerprint density at radius 3 is 2.61 bits per heavy atom. The number of nitrogens with two attached hydrogens (primary N) is 1. The summed E-state index contributed by atoms with van der Waals surface area (Å²) >= 11 is 0. The van der Waals surface area contributed by atoms with Gasteiger partial charge in [0.1, 0.15) is 17.3 Å². The summed E-state index contributed by atoms with van der Waals surface area (Å²) < 4.78 is 0. The third-order valence-electron chi connectivity index (χ3n) is 6.88. The van der Waals surface area contributed by atoms with Crippen LogP contribution in [0.5, 0.6) is 5.75 Å². The number of phenolic OH excluding ortho intramolecular Hbond substituents is 1. The van der Waals surface area contributed by atoms with Crippen LogP contribution in [0.15, 0.2) is 72.9 Å². The Labute approximate surface area is 236 Å². The molecule has 41 heavy (non-hydrogen) atoms. The Bertz CT molecular complexity index is 1750. The normalized spacial score (nSPS) is 13.1. The third kappa shape index (κ3) is 5.58. The van der Waals surface area contributed by atoms with Gasteiger partial charge >= 0.3 is 0 Å². The van der Waals surface area contributed by atoms with Gasteiger partial charge in [0, 0.05) is 48.8 Å². The quantitative estimate of drug-likeness (QED) is 0.245. The number of hydrogen-bond donors (Lipinski definition) is 4. The molecule has 5 N–H and O–H groups in total. The van der Waals surface area contributed by atoms with E-state index >= 15 is 0 Å². The topological polar surface area (TPSA) is 149 Å². The molecule has 4 heterocycles. The maximum absolute atomic E-state index is 12.5. The maximum Gasteiger partial charge on any atom is 0.268 e. The molecule has 1 aliphatic heterocycles. The van der Waals surface area contributed by atoms with Gasteiger partial charge in [0.05, 0.1) is 17.9 Å². The van der Waals surface area contributed by atoms with Crippen molar-refractivity contribution in [3.63, 3.8) is 0 Å². The van der Waals surface area contributed by atoms with E-state index in [9.17, 15) is 9.90 Å². The number of phenols is 1. The van der Waals surface area contributed by atoms with E-state index in [1.54, 1.807) is 24.4 Å². The number of anilines is 3. The van der Waals surface area contributed by atoms with E-state index in [2.05, 4.69) is 52.1 Å². The number of piperazine rings is 1. The van der Waals surface area contributed by atoms with Crippen molar-refractivity contribution in [2.45, 2.75) is 0 Å². The van der Waals surface area contributed by atoms with Crippen LogP contribution in [0.1, 0.15) is 16.3 Å². The van der Waals surface area contributed by atoms with E-state index in [1.807, 2.05) is 48.5 Å². The van der Waals surface area contributed by atoms with Crippen LogP contribution in [-0.2, 0) is 0 Å². The number of nitrogens with one attached hydrogen (secondary N) is 2. The minimum atomic E-state index is -0.222. The number of fused-ring (bicyclic) bond motifs is 1. The fourth-order valence-electron chi connectivity index (χ4n) is 4.77. The van der Waals surface area contributed by atoms with E-state index in [0.29, 0.717) is 54.8 Å². The lowest BCUT2D eigenvalue weighted by molar-refractivity contribution is 0.0954. The summed E-state index contributed by atoms with van der Waals surface area (Å²) in [6.45, 7) is 2.97. The van der Waals surface area contributed by atoms with Gasteiger partial charge < -0.3 is 30.9 Å². The summed E-state index contributed by atoms with van der Waals surface area (Å²) in [6.07, 6.45) is 1.69. The Kier molecular flexibility index (Phi) is 7.02. The molecule has 2 aromatic carbocycles. The zero-order valence-electron chi connectivity index (χ0n) is 22.1. The SMILES string of the molecule is Nc1nnc(-c2ccccc2O)cc1N1CCN(c2ccnc(C#CCNC(=O)c3cc4ccccc4[nH]3)n2)CC1. The van der Waals surface area contributed by atoms with Crippen molar-refractivity contribution < 1.29 is 9.90 Å². The van der Waals surface area contributed by atoms with E-state index in [0.717, 1.165) is 22.4 Å². The summed E-state index contributed by atoms with van der Waals surface area (Å²) in [5.41, 5.74) is 9.52. The number of nitrogen functional groups attached to an aromatic ring is 1. The first-order chi connectivity index (χ1) is 20.0. The van der Waals surface area contributed by atoms with Crippen molar-refractivity contribution in [1.29, 1.82) is 0 Å². The highest BCUT2D eigenvalue weighted by Crippen LogP contribution is 2.31. The van der Waals surface area contributed by atoms with Gasteiger partial charge in [-0.3, -0.25) is 4.79 Å². The number of rotatable bonds is 5. The molecule has 0 bridgehead atoms. The number of aromatic amines is 1. The fourth-order valence-corrected chi connectivity index (χ4v) is 4.77. The fraction of sp³-hybridized carbons (Fsp3) is 0.167. The van der Waals surface area contributed by atoms with Gasteiger partial charge in [-0.05, 0) is 42.3 Å². The highest BCUT2D eigenvalue weighted by Gasteiger charge is 2.22. The highest BCUT2D eigenvalue weighted by molar-refractivity contribution is 5.98. The van der Waals surface area contributed by atoms with Crippen LogP contribution in [-0.4, -0.2) is 68.9 Å². The first-order valence-electron chi connectivity index (χ1n) is 13.1. The summed E-state index contributed by atoms with van der Waals surface area (Å²) in [5.74, 6) is 7.30. The number of carbonyl (C=O) groups excluding carboxylic acids is 1. The van der Waals surface area contributed by atoms with Gasteiger partial charge in [-0.15, -0.1) is 10.2 Å². The monoisotopic (exact) mass is 545 g/mol. The van der Waals surface area contributed by atoms with Gasteiger partial charge in [0.15, 0.2) is 5.82 Å². The van der Waals surface area contributed by atoms with Crippen molar-refractivity contribution in [2.75, 3.05) is 48.3 Å². The lowest BCUT2D eigenvalue weighted by Gasteiger charge is -2.36. The van der Waals surface area contributed by atoms with Crippen molar-refractivity contribution >= 4 is 34.1 Å². The molecule has 1 saturated heterocycles. The van der Waals surface area contributed by atoms with Crippen LogP contribution in [0.3, 0.4) is 0 Å². The molecule has 0 unspecified atom stereocenters. The lowest BCUT2D eigenvalue weighted by Crippen LogP contribution is -2.47. The maximum atomic E-state index is 12.5. The van der Waals surface area contributed by atoms with Crippen molar-refractivity contribution in [1.82, 2.24) is 30.5 Å². The van der Waals surface area contributed by atoms with E-state index in [4.69, 9.17) is 5.73 Å². The molecule has 3 aromatic heterocycles. The van der Waals surface area contributed by atoms with Gasteiger partial charge in [-0.25, -0.2) is 9.97 Å². The molecule has 11 nitrogen and oxygen atoms in total. The molecule has 1 amide bonds. The molecule has 0 atom stereocenters. The summed E-state index contributed by atoms with van der Waals surface area (Å²) in [6, 6.07) is 20.3. The second kappa shape index (κ2) is 11.2. The number of aromatic hydroxyl groups is 1. The molecule has 5 aromatic rings. The van der Waals surface area contributed by atoms with Crippen LogP contribution in [0.25, 0.3) is 22.2 Å². The van der Waals surface area contributed by atoms with Crippen LogP contribution in [0.2, 0.25) is 0 Å². The van der Waals surface area contributed by atoms with Gasteiger partial charge in [-0.1, -0.05) is 36.3 Å². The second-order valence-corrected chi connectivity index (χ2v) is 9.48. The minimum absolute atomic E-state index is 0.140. The second-order valence-electron chi connectivity index (χ2n) is 9.48. The number of para-hydroxylation sites is 2.